The van der Waals surface area contributed by atoms with E-state index in [9.17, 15) is 4.79 Å². The highest BCUT2D eigenvalue weighted by Crippen LogP contribution is 2.12. The van der Waals surface area contributed by atoms with Gasteiger partial charge in [-0.25, -0.2) is 0 Å². The molecule has 0 saturated carbocycles. The lowest BCUT2D eigenvalue weighted by Crippen LogP contribution is -3.11. The first kappa shape index (κ1) is 17.7. The molecule has 3 nitrogen and oxygen atoms in total. The number of hydrogen-bond acceptors (Lipinski definition) is 1. The third-order valence-corrected chi connectivity index (χ3v) is 5.20. The molecule has 0 unspecified atom stereocenters. The molecule has 0 spiro atoms. The Morgan fingerprint density at radius 3 is 2.48 bits per heavy atom. The lowest BCUT2D eigenvalue weighted by atomic mass is 10.0. The van der Waals surface area contributed by atoms with Crippen molar-refractivity contribution in [3.05, 3.63) is 70.3 Å². The minimum atomic E-state index is 0.0151. The van der Waals surface area contributed by atoms with Gasteiger partial charge in [-0.1, -0.05) is 42.0 Å². The molecule has 1 saturated heterocycles. The zero-order chi connectivity index (χ0) is 17.6. The fourth-order valence-corrected chi connectivity index (χ4v) is 3.65. The van der Waals surface area contributed by atoms with Crippen LogP contribution < -0.4 is 10.2 Å². The van der Waals surface area contributed by atoms with Crippen LogP contribution in [0.1, 0.15) is 51.9 Å². The highest BCUT2D eigenvalue weighted by Gasteiger charge is 2.16. The van der Waals surface area contributed by atoms with Crippen molar-refractivity contribution in [1.82, 2.24) is 5.32 Å². The van der Waals surface area contributed by atoms with Crippen molar-refractivity contribution >= 4 is 5.91 Å². The van der Waals surface area contributed by atoms with Crippen LogP contribution in [-0.4, -0.2) is 19.0 Å². The molecule has 1 aliphatic rings. The summed E-state index contributed by atoms with van der Waals surface area (Å²) in [5, 5.41) is 3.11. The molecule has 3 heteroatoms. The minimum absolute atomic E-state index is 0.0151. The van der Waals surface area contributed by atoms with Gasteiger partial charge in [-0.2, -0.15) is 0 Å². The number of rotatable bonds is 5. The first-order valence-corrected chi connectivity index (χ1v) is 9.39. The number of likely N-dealkylation sites (tertiary alicyclic amines) is 1. The summed E-state index contributed by atoms with van der Waals surface area (Å²) in [6.45, 7) is 8.20. The Balaban J connectivity index is 1.66. The third-order valence-electron chi connectivity index (χ3n) is 5.20. The van der Waals surface area contributed by atoms with Crippen LogP contribution in [0.4, 0.5) is 0 Å². The molecule has 1 amide bonds. The Hall–Kier alpha value is -2.13. The normalized spacial score (nSPS) is 15.1. The summed E-state index contributed by atoms with van der Waals surface area (Å²) >= 11 is 0. The van der Waals surface area contributed by atoms with Gasteiger partial charge in [-0.05, 0) is 50.3 Å². The van der Waals surface area contributed by atoms with Gasteiger partial charge in [0.1, 0.15) is 6.54 Å². The van der Waals surface area contributed by atoms with E-state index < -0.39 is 0 Å². The molecule has 0 bridgehead atoms. The Bertz CT molecular complexity index is 733. The van der Waals surface area contributed by atoms with Crippen LogP contribution in [0, 0.1) is 13.8 Å². The van der Waals surface area contributed by atoms with Gasteiger partial charge in [0.25, 0.3) is 5.91 Å². The second-order valence-corrected chi connectivity index (χ2v) is 7.26. The topological polar surface area (TPSA) is 33.5 Å². The van der Waals surface area contributed by atoms with Crippen molar-refractivity contribution in [2.75, 3.05) is 13.1 Å². The minimum Gasteiger partial charge on any atom is -0.348 e. The number of quaternary nitrogens is 1. The fraction of sp³-hybridized carbons (Fsp3) is 0.409. The molecule has 2 aromatic carbocycles. The fourth-order valence-electron chi connectivity index (χ4n) is 3.65. The van der Waals surface area contributed by atoms with Crippen LogP contribution in [-0.2, 0) is 13.1 Å². The van der Waals surface area contributed by atoms with E-state index in [0.29, 0.717) is 6.54 Å². The molecule has 3 rings (SSSR count). The van der Waals surface area contributed by atoms with Crippen molar-refractivity contribution in [3.63, 3.8) is 0 Å². The predicted molar refractivity (Wildman–Crippen MR) is 102 cm³/mol. The Labute approximate surface area is 151 Å². The number of aryl methyl sites for hydroxylation is 2. The molecule has 2 N–H and O–H groups in total. The van der Waals surface area contributed by atoms with Gasteiger partial charge in [0, 0.05) is 17.7 Å². The number of hydrogen-bond donors (Lipinski definition) is 2. The summed E-state index contributed by atoms with van der Waals surface area (Å²) in [7, 11) is 0. The molecular weight excluding hydrogens is 308 g/mol. The Morgan fingerprint density at radius 2 is 1.72 bits per heavy atom. The maximum absolute atomic E-state index is 12.6. The molecule has 1 heterocycles. The van der Waals surface area contributed by atoms with Gasteiger partial charge in [0.15, 0.2) is 0 Å². The molecule has 1 aliphatic heterocycles. The lowest BCUT2D eigenvalue weighted by Gasteiger charge is -2.24. The van der Waals surface area contributed by atoms with Gasteiger partial charge < -0.3 is 10.2 Å². The molecule has 132 valence electrons. The number of carbonyl (C=O) groups is 1. The zero-order valence-corrected chi connectivity index (χ0v) is 15.4. The summed E-state index contributed by atoms with van der Waals surface area (Å²) in [4.78, 5) is 14.2. The smallest absolute Gasteiger partial charge is 0.251 e. The summed E-state index contributed by atoms with van der Waals surface area (Å²) in [5.74, 6) is 0.0151. The van der Waals surface area contributed by atoms with E-state index in [0.717, 1.165) is 23.2 Å². The van der Waals surface area contributed by atoms with Crippen molar-refractivity contribution in [2.45, 2.75) is 46.2 Å². The van der Waals surface area contributed by atoms with Gasteiger partial charge in [0.05, 0.1) is 13.1 Å². The number of piperidine rings is 1. The molecule has 1 fully saturated rings. The van der Waals surface area contributed by atoms with Gasteiger partial charge in [-0.3, -0.25) is 4.79 Å². The molecule has 0 atom stereocenters. The van der Waals surface area contributed by atoms with Gasteiger partial charge >= 0.3 is 0 Å². The lowest BCUT2D eigenvalue weighted by molar-refractivity contribution is -0.918. The average Bonchev–Trinajstić information content (AvgIpc) is 2.63. The van der Waals surface area contributed by atoms with E-state index in [1.165, 1.54) is 43.5 Å². The first-order valence-electron chi connectivity index (χ1n) is 9.39. The van der Waals surface area contributed by atoms with Crippen LogP contribution >= 0.6 is 0 Å². The zero-order valence-electron chi connectivity index (χ0n) is 15.4. The van der Waals surface area contributed by atoms with E-state index in [4.69, 9.17) is 0 Å². The van der Waals surface area contributed by atoms with Crippen molar-refractivity contribution in [3.8, 4) is 0 Å². The molecule has 25 heavy (non-hydrogen) atoms. The Kier molecular flexibility index (Phi) is 5.87. The molecular formula is C22H29N2O+. The van der Waals surface area contributed by atoms with Crippen molar-refractivity contribution < 1.29 is 9.69 Å². The van der Waals surface area contributed by atoms with Crippen LogP contribution in [0.15, 0.2) is 42.5 Å². The summed E-state index contributed by atoms with van der Waals surface area (Å²) < 4.78 is 0. The number of benzene rings is 2. The van der Waals surface area contributed by atoms with Crippen LogP contribution in [0.25, 0.3) is 0 Å². The standard InChI is InChI=1S/C22H28N2O/c1-17-10-11-18(2)21(14-17)22(25)23-15-19-8-4-5-9-20(19)16-24-12-6-3-7-13-24/h4-5,8-11,14H,3,6-7,12-13,15-16H2,1-2H3,(H,23,25)/p+1. The summed E-state index contributed by atoms with van der Waals surface area (Å²) in [5.41, 5.74) is 5.51. The quantitative estimate of drug-likeness (QED) is 0.864. The van der Waals surface area contributed by atoms with E-state index in [2.05, 4.69) is 29.6 Å². The SMILES string of the molecule is Cc1ccc(C)c(C(=O)NCc2ccccc2C[NH+]2CCCCC2)c1. The summed E-state index contributed by atoms with van der Waals surface area (Å²) in [6.07, 6.45) is 4.04. The summed E-state index contributed by atoms with van der Waals surface area (Å²) in [6, 6.07) is 14.5. The van der Waals surface area contributed by atoms with Gasteiger partial charge in [0.2, 0.25) is 0 Å². The van der Waals surface area contributed by atoms with Crippen molar-refractivity contribution in [1.29, 1.82) is 0 Å². The first-order chi connectivity index (χ1) is 12.1. The highest BCUT2D eigenvalue weighted by atomic mass is 16.1. The largest absolute Gasteiger partial charge is 0.348 e. The predicted octanol–water partition coefficient (Wildman–Crippen LogP) is 2.80. The van der Waals surface area contributed by atoms with E-state index in [-0.39, 0.29) is 5.91 Å². The van der Waals surface area contributed by atoms with Gasteiger partial charge in [-0.15, -0.1) is 0 Å². The maximum atomic E-state index is 12.6. The second-order valence-electron chi connectivity index (χ2n) is 7.26. The maximum Gasteiger partial charge on any atom is 0.251 e. The third kappa shape index (κ3) is 4.70. The van der Waals surface area contributed by atoms with E-state index >= 15 is 0 Å². The number of amides is 1. The van der Waals surface area contributed by atoms with Crippen molar-refractivity contribution in [2.24, 2.45) is 0 Å². The molecule has 0 radical (unpaired) electrons. The molecule has 0 aromatic heterocycles. The Morgan fingerprint density at radius 1 is 1.00 bits per heavy atom. The second kappa shape index (κ2) is 8.30. The highest BCUT2D eigenvalue weighted by molar-refractivity contribution is 5.95. The van der Waals surface area contributed by atoms with E-state index in [1.807, 2.05) is 32.0 Å². The number of nitrogens with one attached hydrogen (secondary N) is 2. The van der Waals surface area contributed by atoms with Crippen LogP contribution in [0.3, 0.4) is 0 Å². The monoisotopic (exact) mass is 337 g/mol. The number of carbonyl (C=O) groups excluding carboxylic acids is 1. The molecule has 0 aliphatic carbocycles. The van der Waals surface area contributed by atoms with Crippen LogP contribution in [0.5, 0.6) is 0 Å². The molecule has 2 aromatic rings. The van der Waals surface area contributed by atoms with Crippen LogP contribution in [0.2, 0.25) is 0 Å². The average molecular weight is 337 g/mol. The van der Waals surface area contributed by atoms with E-state index in [1.54, 1.807) is 4.90 Å².